The Hall–Kier alpha value is -1.18. The van der Waals surface area contributed by atoms with Gasteiger partial charge < -0.3 is 20.5 Å². The predicted octanol–water partition coefficient (Wildman–Crippen LogP) is 1.89. The number of aliphatic hydroxyl groups is 1. The van der Waals surface area contributed by atoms with Crippen LogP contribution in [0.3, 0.4) is 0 Å². The van der Waals surface area contributed by atoms with E-state index >= 15 is 0 Å². The number of nitrogens with zero attached hydrogens (tertiary/aromatic N) is 2. The molecule has 7 heteroatoms. The quantitative estimate of drug-likeness (QED) is 0.537. The molecule has 1 saturated heterocycles. The van der Waals surface area contributed by atoms with Gasteiger partial charge in [0.15, 0.2) is 5.96 Å². The lowest BCUT2D eigenvalue weighted by atomic mass is 9.84. The second-order valence-corrected chi connectivity index (χ2v) is 8.37. The van der Waals surface area contributed by atoms with Crippen LogP contribution < -0.4 is 10.6 Å². The first-order valence-corrected chi connectivity index (χ1v) is 9.34. The van der Waals surface area contributed by atoms with Gasteiger partial charge in [-0.05, 0) is 12.8 Å². The van der Waals surface area contributed by atoms with E-state index in [2.05, 4.69) is 46.8 Å². The lowest BCUT2D eigenvalue weighted by molar-refractivity contribution is 0.127. The largest absolute Gasteiger partial charge is 0.396 e. The molecule has 1 aliphatic heterocycles. The number of nitrogens with one attached hydrogen (secondary N) is 2. The summed E-state index contributed by atoms with van der Waals surface area (Å²) in [5.74, 6) is 0.756. The molecule has 2 rings (SSSR count). The highest BCUT2D eigenvalue weighted by molar-refractivity contribution is 7.09. The number of hydrogen-bond acceptors (Lipinski definition) is 5. The van der Waals surface area contributed by atoms with Crippen LogP contribution in [0.5, 0.6) is 0 Å². The van der Waals surface area contributed by atoms with Gasteiger partial charge in [0.05, 0.1) is 18.8 Å². The monoisotopic (exact) mass is 354 g/mol. The summed E-state index contributed by atoms with van der Waals surface area (Å²) in [6, 6.07) is 0. The van der Waals surface area contributed by atoms with Crippen molar-refractivity contribution in [2.24, 2.45) is 10.4 Å². The van der Waals surface area contributed by atoms with Crippen LogP contribution in [-0.4, -0.2) is 49.5 Å². The molecule has 1 aromatic rings. The van der Waals surface area contributed by atoms with Crippen molar-refractivity contribution >= 4 is 17.3 Å². The number of aliphatic hydroxyl groups excluding tert-OH is 1. The minimum Gasteiger partial charge on any atom is -0.396 e. The van der Waals surface area contributed by atoms with Gasteiger partial charge in [-0.1, -0.05) is 20.8 Å². The van der Waals surface area contributed by atoms with Crippen molar-refractivity contribution < 1.29 is 9.84 Å². The lowest BCUT2D eigenvalue weighted by Gasteiger charge is -2.27. The molecule has 0 radical (unpaired) electrons. The molecule has 24 heavy (non-hydrogen) atoms. The van der Waals surface area contributed by atoms with Crippen LogP contribution in [0.1, 0.15) is 44.3 Å². The van der Waals surface area contributed by atoms with Gasteiger partial charge in [0, 0.05) is 43.0 Å². The van der Waals surface area contributed by atoms with Gasteiger partial charge >= 0.3 is 0 Å². The molecule has 1 fully saturated rings. The number of hydrogen-bond donors (Lipinski definition) is 3. The van der Waals surface area contributed by atoms with Crippen molar-refractivity contribution in [1.29, 1.82) is 0 Å². The molecule has 0 amide bonds. The molecule has 2 heterocycles. The minimum atomic E-state index is 0.00690. The van der Waals surface area contributed by atoms with E-state index in [0.29, 0.717) is 13.2 Å². The Morgan fingerprint density at radius 1 is 1.46 bits per heavy atom. The van der Waals surface area contributed by atoms with E-state index in [0.717, 1.165) is 42.7 Å². The van der Waals surface area contributed by atoms with Crippen molar-refractivity contribution in [2.45, 2.75) is 45.6 Å². The van der Waals surface area contributed by atoms with Crippen LogP contribution in [0.2, 0.25) is 0 Å². The van der Waals surface area contributed by atoms with E-state index in [1.165, 1.54) is 0 Å². The summed E-state index contributed by atoms with van der Waals surface area (Å²) in [4.78, 5) is 8.97. The molecule has 0 bridgehead atoms. The Morgan fingerprint density at radius 3 is 2.79 bits per heavy atom. The number of rotatable bonds is 6. The summed E-state index contributed by atoms with van der Waals surface area (Å²) in [5, 5.41) is 19.2. The number of thiazole rings is 1. The zero-order valence-electron chi connectivity index (χ0n) is 15.2. The SMILES string of the molecule is CN=C(NCc1nc(C(C)(C)C)cs1)NCC1(CCO)CCOC1. The van der Waals surface area contributed by atoms with Crippen LogP contribution in [0, 0.1) is 5.41 Å². The van der Waals surface area contributed by atoms with Gasteiger partial charge in [-0.15, -0.1) is 11.3 Å². The van der Waals surface area contributed by atoms with Gasteiger partial charge in [-0.25, -0.2) is 4.98 Å². The van der Waals surface area contributed by atoms with E-state index in [1.54, 1.807) is 18.4 Å². The molecule has 3 N–H and O–H groups in total. The maximum absolute atomic E-state index is 9.30. The fourth-order valence-electron chi connectivity index (χ4n) is 2.70. The summed E-state index contributed by atoms with van der Waals surface area (Å²) in [6.07, 6.45) is 1.72. The van der Waals surface area contributed by atoms with Crippen molar-refractivity contribution in [3.8, 4) is 0 Å². The highest BCUT2D eigenvalue weighted by Gasteiger charge is 2.34. The number of guanidine groups is 1. The summed E-state index contributed by atoms with van der Waals surface area (Å²) < 4.78 is 5.52. The summed E-state index contributed by atoms with van der Waals surface area (Å²) >= 11 is 1.67. The van der Waals surface area contributed by atoms with Crippen LogP contribution in [0.25, 0.3) is 0 Å². The maximum Gasteiger partial charge on any atom is 0.191 e. The van der Waals surface area contributed by atoms with Crippen LogP contribution >= 0.6 is 11.3 Å². The second kappa shape index (κ2) is 8.27. The molecule has 0 saturated carbocycles. The predicted molar refractivity (Wildman–Crippen MR) is 98.6 cm³/mol. The van der Waals surface area contributed by atoms with Gasteiger partial charge in [0.2, 0.25) is 0 Å². The highest BCUT2D eigenvalue weighted by atomic mass is 32.1. The molecular weight excluding hydrogens is 324 g/mol. The molecule has 1 atom stereocenters. The summed E-state index contributed by atoms with van der Waals surface area (Å²) in [5.41, 5.74) is 1.21. The third-order valence-electron chi connectivity index (χ3n) is 4.41. The second-order valence-electron chi connectivity index (χ2n) is 7.43. The third-order valence-corrected chi connectivity index (χ3v) is 5.26. The maximum atomic E-state index is 9.30. The average molecular weight is 355 g/mol. The van der Waals surface area contributed by atoms with E-state index in [9.17, 15) is 5.11 Å². The summed E-state index contributed by atoms with van der Waals surface area (Å²) in [6.45, 7) is 9.56. The van der Waals surface area contributed by atoms with Gasteiger partial charge in [0.1, 0.15) is 5.01 Å². The smallest absolute Gasteiger partial charge is 0.191 e. The first-order valence-electron chi connectivity index (χ1n) is 8.46. The Morgan fingerprint density at radius 2 is 2.25 bits per heavy atom. The standard InChI is InChI=1S/C17H30N4O2S/c1-16(2,3)13-10-24-14(21-13)9-19-15(18-4)20-11-17(5-7-22)6-8-23-12-17/h10,22H,5-9,11-12H2,1-4H3,(H2,18,19,20). The molecular formula is C17H30N4O2S. The fraction of sp³-hybridized carbons (Fsp3) is 0.765. The first-order chi connectivity index (χ1) is 11.4. The molecule has 0 spiro atoms. The molecule has 6 nitrogen and oxygen atoms in total. The van der Waals surface area contributed by atoms with Gasteiger partial charge in [0.25, 0.3) is 0 Å². The van der Waals surface area contributed by atoms with E-state index in [-0.39, 0.29) is 17.4 Å². The number of ether oxygens (including phenoxy) is 1. The number of aromatic nitrogens is 1. The van der Waals surface area contributed by atoms with E-state index in [1.807, 2.05) is 0 Å². The molecule has 0 aromatic carbocycles. The third kappa shape index (κ3) is 5.16. The van der Waals surface area contributed by atoms with Gasteiger partial charge in [-0.2, -0.15) is 0 Å². The fourth-order valence-corrected chi connectivity index (χ4v) is 3.66. The lowest BCUT2D eigenvalue weighted by Crippen LogP contribution is -2.44. The molecule has 136 valence electrons. The Kier molecular flexibility index (Phi) is 6.60. The highest BCUT2D eigenvalue weighted by Crippen LogP contribution is 2.31. The van der Waals surface area contributed by atoms with Crippen molar-refractivity contribution in [2.75, 3.05) is 33.4 Å². The zero-order valence-corrected chi connectivity index (χ0v) is 16.0. The molecule has 1 aromatic heterocycles. The Balaban J connectivity index is 1.85. The molecule has 1 unspecified atom stereocenters. The van der Waals surface area contributed by atoms with Crippen molar-refractivity contribution in [3.05, 3.63) is 16.1 Å². The number of aliphatic imine (C=N–C) groups is 1. The normalized spacial score (nSPS) is 22.0. The van der Waals surface area contributed by atoms with E-state index in [4.69, 9.17) is 4.74 Å². The first kappa shape index (κ1) is 19.1. The Labute approximate surface area is 148 Å². The van der Waals surface area contributed by atoms with Crippen LogP contribution in [0.4, 0.5) is 0 Å². The zero-order chi connectivity index (χ0) is 17.6. The van der Waals surface area contributed by atoms with Crippen molar-refractivity contribution in [3.63, 3.8) is 0 Å². The van der Waals surface area contributed by atoms with Crippen LogP contribution in [0.15, 0.2) is 10.4 Å². The van der Waals surface area contributed by atoms with Gasteiger partial charge in [-0.3, -0.25) is 4.99 Å². The van der Waals surface area contributed by atoms with Crippen LogP contribution in [-0.2, 0) is 16.7 Å². The minimum absolute atomic E-state index is 0.00690. The topological polar surface area (TPSA) is 78.8 Å². The average Bonchev–Trinajstić information content (AvgIpc) is 3.17. The molecule has 0 aliphatic carbocycles. The molecule has 1 aliphatic rings. The van der Waals surface area contributed by atoms with Crippen molar-refractivity contribution in [1.82, 2.24) is 15.6 Å². The summed E-state index contributed by atoms with van der Waals surface area (Å²) in [7, 11) is 1.77. The Bertz CT molecular complexity index is 545. The van der Waals surface area contributed by atoms with E-state index < -0.39 is 0 Å².